The van der Waals surface area contributed by atoms with E-state index >= 15 is 0 Å². The van der Waals surface area contributed by atoms with Crippen LogP contribution in [0.3, 0.4) is 0 Å². The molecule has 10 heteroatoms. The number of carboxylic acid groups (broad SMARTS) is 1. The molecule has 0 aliphatic rings. The number of carbonyl (C=O) groups excluding carboxylic acids is 3. The van der Waals surface area contributed by atoms with Crippen molar-refractivity contribution in [2.24, 2.45) is 5.73 Å². The number of aliphatic carboxylic acids is 1. The number of amides is 2. The molecule has 5 N–H and O–H groups in total. The maximum absolute atomic E-state index is 11.7. The van der Waals surface area contributed by atoms with E-state index in [4.69, 9.17) is 10.8 Å². The van der Waals surface area contributed by atoms with Crippen molar-refractivity contribution in [3.63, 3.8) is 0 Å². The Kier molecular flexibility index (Phi) is 8.29. The molecule has 2 unspecified atom stereocenters. The number of ether oxygens (including phenoxy) is 1. The first kappa shape index (κ1) is 17.2. The third-order valence-electron chi connectivity index (χ3n) is 1.97. The quantitative estimate of drug-likeness (QED) is 0.226. The SMILES string of the molecule is NCC(=O)NC(COC=O)C(=O)NC(CS)C(=O)O. The molecule has 0 aromatic heterocycles. The number of carboxylic acids is 1. The number of thiol groups is 1. The first-order valence-corrected chi connectivity index (χ1v) is 5.78. The number of hydrogen-bond donors (Lipinski definition) is 5. The fourth-order valence-electron chi connectivity index (χ4n) is 1.03. The second kappa shape index (κ2) is 9.16. The molecule has 0 aromatic carbocycles. The van der Waals surface area contributed by atoms with Crippen LogP contribution in [-0.2, 0) is 23.9 Å². The van der Waals surface area contributed by atoms with Crippen LogP contribution in [0.2, 0.25) is 0 Å². The number of hydrogen-bond acceptors (Lipinski definition) is 7. The van der Waals surface area contributed by atoms with Gasteiger partial charge in [-0.1, -0.05) is 0 Å². The van der Waals surface area contributed by atoms with Gasteiger partial charge in [0.05, 0.1) is 6.54 Å². The average molecular weight is 293 g/mol. The van der Waals surface area contributed by atoms with Crippen LogP contribution in [0.25, 0.3) is 0 Å². The molecule has 0 saturated carbocycles. The molecular formula is C9H15N3O6S. The monoisotopic (exact) mass is 293 g/mol. The summed E-state index contributed by atoms with van der Waals surface area (Å²) in [5, 5.41) is 13.1. The summed E-state index contributed by atoms with van der Waals surface area (Å²) in [5.74, 6) is -2.87. The topological polar surface area (TPSA) is 148 Å². The third-order valence-corrected chi connectivity index (χ3v) is 2.33. The molecule has 0 saturated heterocycles. The zero-order chi connectivity index (χ0) is 14.8. The Balaban J connectivity index is 4.64. The van der Waals surface area contributed by atoms with E-state index in [-0.39, 0.29) is 18.8 Å². The zero-order valence-corrected chi connectivity index (χ0v) is 10.8. The average Bonchev–Trinajstić information content (AvgIpc) is 2.39. The van der Waals surface area contributed by atoms with Crippen molar-refractivity contribution in [2.45, 2.75) is 12.1 Å². The van der Waals surface area contributed by atoms with Gasteiger partial charge in [0.1, 0.15) is 18.7 Å². The van der Waals surface area contributed by atoms with Crippen molar-refractivity contribution in [2.75, 3.05) is 18.9 Å². The first-order chi connectivity index (χ1) is 8.96. The molecule has 0 aliphatic carbocycles. The molecule has 0 bridgehead atoms. The highest BCUT2D eigenvalue weighted by atomic mass is 32.1. The van der Waals surface area contributed by atoms with Crippen molar-refractivity contribution in [3.05, 3.63) is 0 Å². The van der Waals surface area contributed by atoms with Crippen molar-refractivity contribution < 1.29 is 29.0 Å². The van der Waals surface area contributed by atoms with Gasteiger partial charge in [0.2, 0.25) is 11.8 Å². The van der Waals surface area contributed by atoms with E-state index in [9.17, 15) is 19.2 Å². The second-order valence-corrected chi connectivity index (χ2v) is 3.70. The fraction of sp³-hybridized carbons (Fsp3) is 0.556. The van der Waals surface area contributed by atoms with Gasteiger partial charge in [0.15, 0.2) is 0 Å². The molecule has 2 amide bonds. The summed E-state index contributed by atoms with van der Waals surface area (Å²) in [6.07, 6.45) is 0. The van der Waals surface area contributed by atoms with E-state index in [0.717, 1.165) is 0 Å². The van der Waals surface area contributed by atoms with Crippen LogP contribution in [-0.4, -0.2) is 60.4 Å². The Hall–Kier alpha value is -1.81. The van der Waals surface area contributed by atoms with Crippen LogP contribution in [0.1, 0.15) is 0 Å². The molecule has 2 atom stereocenters. The molecular weight excluding hydrogens is 278 g/mol. The molecule has 0 spiro atoms. The lowest BCUT2D eigenvalue weighted by molar-refractivity contribution is -0.142. The molecule has 0 aliphatic heterocycles. The van der Waals surface area contributed by atoms with Crippen LogP contribution in [0.15, 0.2) is 0 Å². The van der Waals surface area contributed by atoms with Gasteiger partial charge < -0.3 is 26.2 Å². The Bertz CT molecular complexity index is 351. The summed E-state index contributed by atoms with van der Waals surface area (Å²) >= 11 is 3.77. The summed E-state index contributed by atoms with van der Waals surface area (Å²) in [5.41, 5.74) is 5.06. The lowest BCUT2D eigenvalue weighted by atomic mass is 10.2. The number of nitrogens with one attached hydrogen (secondary N) is 2. The molecule has 0 fully saturated rings. The highest BCUT2D eigenvalue weighted by molar-refractivity contribution is 7.80. The minimum absolute atomic E-state index is 0.0994. The van der Waals surface area contributed by atoms with Crippen LogP contribution >= 0.6 is 12.6 Å². The molecule has 0 aromatic rings. The summed E-state index contributed by atoms with van der Waals surface area (Å²) in [7, 11) is 0. The summed E-state index contributed by atoms with van der Waals surface area (Å²) in [4.78, 5) is 43.6. The number of rotatable bonds is 9. The normalized spacial score (nSPS) is 12.9. The van der Waals surface area contributed by atoms with Crippen LogP contribution < -0.4 is 16.4 Å². The van der Waals surface area contributed by atoms with E-state index in [1.54, 1.807) is 0 Å². The Labute approximate surface area is 114 Å². The molecule has 108 valence electrons. The second-order valence-electron chi connectivity index (χ2n) is 3.34. The number of carbonyl (C=O) groups is 4. The van der Waals surface area contributed by atoms with Gasteiger partial charge >= 0.3 is 5.97 Å². The number of nitrogens with two attached hydrogens (primary N) is 1. The summed E-state index contributed by atoms with van der Waals surface area (Å²) < 4.78 is 4.37. The Morgan fingerprint density at radius 2 is 1.95 bits per heavy atom. The Morgan fingerprint density at radius 3 is 2.37 bits per heavy atom. The van der Waals surface area contributed by atoms with E-state index in [1.165, 1.54) is 0 Å². The predicted molar refractivity (Wildman–Crippen MR) is 66.4 cm³/mol. The maximum atomic E-state index is 11.7. The molecule has 0 heterocycles. The first-order valence-electron chi connectivity index (χ1n) is 5.15. The van der Waals surface area contributed by atoms with Gasteiger partial charge in [-0.3, -0.25) is 14.4 Å². The van der Waals surface area contributed by atoms with Gasteiger partial charge in [0.25, 0.3) is 6.47 Å². The van der Waals surface area contributed by atoms with E-state index in [2.05, 4.69) is 28.0 Å². The minimum Gasteiger partial charge on any atom is -0.480 e. The Morgan fingerprint density at radius 1 is 1.32 bits per heavy atom. The summed E-state index contributed by atoms with van der Waals surface area (Å²) in [6.45, 7) is -0.693. The smallest absolute Gasteiger partial charge is 0.327 e. The highest BCUT2D eigenvalue weighted by Crippen LogP contribution is 1.93. The van der Waals surface area contributed by atoms with Gasteiger partial charge in [-0.05, 0) is 0 Å². The zero-order valence-electron chi connectivity index (χ0n) is 9.87. The standard InChI is InChI=1S/C9H15N3O6S/c10-1-7(14)11-5(2-18-4-13)8(15)12-6(3-19)9(16)17/h4-6,19H,1-3,10H2,(H,11,14)(H,12,15)(H,16,17). The lowest BCUT2D eigenvalue weighted by Crippen LogP contribution is -2.54. The van der Waals surface area contributed by atoms with E-state index < -0.39 is 36.5 Å². The van der Waals surface area contributed by atoms with Crippen molar-refractivity contribution in [1.29, 1.82) is 0 Å². The highest BCUT2D eigenvalue weighted by Gasteiger charge is 2.25. The van der Waals surface area contributed by atoms with E-state index in [1.807, 2.05) is 0 Å². The van der Waals surface area contributed by atoms with Crippen molar-refractivity contribution >= 4 is 36.9 Å². The summed E-state index contributed by atoms with van der Waals surface area (Å²) in [6, 6.07) is -2.44. The van der Waals surface area contributed by atoms with Crippen molar-refractivity contribution in [3.8, 4) is 0 Å². The molecule has 9 nitrogen and oxygen atoms in total. The largest absolute Gasteiger partial charge is 0.480 e. The van der Waals surface area contributed by atoms with Gasteiger partial charge in [-0.15, -0.1) is 0 Å². The fourth-order valence-corrected chi connectivity index (χ4v) is 1.28. The predicted octanol–water partition coefficient (Wildman–Crippen LogP) is -2.90. The van der Waals surface area contributed by atoms with Gasteiger partial charge in [-0.25, -0.2) is 4.79 Å². The third kappa shape index (κ3) is 6.62. The van der Waals surface area contributed by atoms with Crippen LogP contribution in [0.5, 0.6) is 0 Å². The van der Waals surface area contributed by atoms with Crippen LogP contribution in [0.4, 0.5) is 0 Å². The van der Waals surface area contributed by atoms with Crippen molar-refractivity contribution in [1.82, 2.24) is 10.6 Å². The maximum Gasteiger partial charge on any atom is 0.327 e. The molecule has 0 radical (unpaired) electrons. The van der Waals surface area contributed by atoms with E-state index in [0.29, 0.717) is 0 Å². The van der Waals surface area contributed by atoms with Crippen LogP contribution in [0, 0.1) is 0 Å². The lowest BCUT2D eigenvalue weighted by Gasteiger charge is -2.19. The van der Waals surface area contributed by atoms with Gasteiger partial charge in [-0.2, -0.15) is 12.6 Å². The van der Waals surface area contributed by atoms with Gasteiger partial charge in [0, 0.05) is 5.75 Å². The molecule has 19 heavy (non-hydrogen) atoms. The minimum atomic E-state index is -1.27. The molecule has 0 rings (SSSR count).